The van der Waals surface area contributed by atoms with Crippen molar-refractivity contribution < 1.29 is 19.5 Å². The maximum Gasteiger partial charge on any atom is 0.282 e. The zero-order valence-electron chi connectivity index (χ0n) is 16.6. The van der Waals surface area contributed by atoms with E-state index in [2.05, 4.69) is 29.6 Å². The molecule has 1 aliphatic rings. The minimum absolute atomic E-state index is 0.0245. The average Bonchev–Trinajstić information content (AvgIpc) is 2.74. The molecular weight excluding hydrogens is 368 g/mol. The lowest BCUT2D eigenvalue weighted by Gasteiger charge is -2.32. The van der Waals surface area contributed by atoms with Gasteiger partial charge in [-0.3, -0.25) is 14.9 Å². The van der Waals surface area contributed by atoms with Gasteiger partial charge < -0.3 is 15.1 Å². The fraction of sp³-hybridized carbons (Fsp3) is 0.318. The van der Waals surface area contributed by atoms with Gasteiger partial charge in [0, 0.05) is 17.8 Å². The minimum Gasteiger partial charge on any atom is -0.322 e. The zero-order chi connectivity index (χ0) is 20.6. The van der Waals surface area contributed by atoms with Crippen molar-refractivity contribution in [2.24, 2.45) is 0 Å². The molecule has 1 aliphatic heterocycles. The van der Waals surface area contributed by atoms with Crippen molar-refractivity contribution in [2.75, 3.05) is 38.0 Å². The Morgan fingerprint density at radius 1 is 1.14 bits per heavy atom. The predicted octanol–water partition coefficient (Wildman–Crippen LogP) is 0.419. The average molecular weight is 396 g/mol. The Balaban J connectivity index is 1.46. The first-order chi connectivity index (χ1) is 14.0. The van der Waals surface area contributed by atoms with E-state index in [-0.39, 0.29) is 17.6 Å². The third-order valence-electron chi connectivity index (χ3n) is 5.45. The van der Waals surface area contributed by atoms with Crippen molar-refractivity contribution in [1.29, 1.82) is 0 Å². The predicted molar refractivity (Wildman–Crippen MR) is 113 cm³/mol. The lowest BCUT2D eigenvalue weighted by Crippen LogP contribution is -3.29. The fourth-order valence-corrected chi connectivity index (χ4v) is 3.62. The quantitative estimate of drug-likeness (QED) is 0.469. The molecule has 1 atom stereocenters. The van der Waals surface area contributed by atoms with Crippen LogP contribution < -0.4 is 15.1 Å². The van der Waals surface area contributed by atoms with Crippen molar-refractivity contribution >= 4 is 23.4 Å². The Morgan fingerprint density at radius 2 is 1.86 bits per heavy atom. The van der Waals surface area contributed by atoms with E-state index in [1.54, 1.807) is 12.1 Å². The molecule has 0 aromatic heterocycles. The summed E-state index contributed by atoms with van der Waals surface area (Å²) in [5, 5.41) is 13.7. The van der Waals surface area contributed by atoms with Gasteiger partial charge in [-0.15, -0.1) is 0 Å². The van der Waals surface area contributed by atoms with Crippen molar-refractivity contribution in [1.82, 2.24) is 0 Å². The summed E-state index contributed by atoms with van der Waals surface area (Å²) in [5.41, 5.74) is 1.65. The second kappa shape index (κ2) is 9.95. The van der Waals surface area contributed by atoms with Gasteiger partial charge in [-0.2, -0.15) is 0 Å². The van der Waals surface area contributed by atoms with Gasteiger partial charge in [0.2, 0.25) is 0 Å². The first kappa shape index (κ1) is 20.7. The van der Waals surface area contributed by atoms with Gasteiger partial charge in [-0.25, -0.2) is 0 Å². The Kier molecular flexibility index (Phi) is 7.10. The molecule has 2 aromatic rings. The second-order valence-corrected chi connectivity index (χ2v) is 7.44. The summed E-state index contributed by atoms with van der Waals surface area (Å²) in [5.74, 6) is -0.104. The van der Waals surface area contributed by atoms with E-state index in [4.69, 9.17) is 0 Å². The van der Waals surface area contributed by atoms with Crippen LogP contribution in [0.15, 0.2) is 60.7 Å². The summed E-state index contributed by atoms with van der Waals surface area (Å²) in [4.78, 5) is 25.8. The van der Waals surface area contributed by atoms with Crippen LogP contribution >= 0.6 is 0 Å². The molecule has 7 heteroatoms. The van der Waals surface area contributed by atoms with Crippen molar-refractivity contribution in [3.8, 4) is 0 Å². The van der Waals surface area contributed by atoms with Crippen molar-refractivity contribution in [3.63, 3.8) is 0 Å². The number of anilines is 1. The molecular formula is C22H28N4O3+2. The first-order valence-electron chi connectivity index (χ1n) is 9.98. The molecule has 29 heavy (non-hydrogen) atoms. The highest BCUT2D eigenvalue weighted by Crippen LogP contribution is 2.16. The Hall–Kier alpha value is -3.03. The number of hydrogen-bond donors (Lipinski definition) is 3. The standard InChI is InChI=1S/C22H26N4O3/c1-18(22(27)23-20-10-5-11-21(17-20)26(28)29)25-15-13-24(14-16-25)12-6-9-19-7-3-2-4-8-19/h2-11,17-18H,12-16H2,1H3,(H,23,27)/p+2/b9-6+/t18-/m1/s1. The minimum atomic E-state index is -0.460. The van der Waals surface area contributed by atoms with Crippen LogP contribution in [0, 0.1) is 10.1 Å². The van der Waals surface area contributed by atoms with E-state index in [1.165, 1.54) is 27.5 Å². The fourth-order valence-electron chi connectivity index (χ4n) is 3.62. The van der Waals surface area contributed by atoms with Crippen LogP contribution in [-0.2, 0) is 4.79 Å². The molecule has 0 saturated carbocycles. The number of piperazine rings is 1. The molecule has 2 aromatic carbocycles. The molecule has 1 saturated heterocycles. The highest BCUT2D eigenvalue weighted by atomic mass is 16.6. The zero-order valence-corrected chi connectivity index (χ0v) is 16.6. The number of rotatable bonds is 7. The first-order valence-corrected chi connectivity index (χ1v) is 9.98. The topological polar surface area (TPSA) is 81.1 Å². The van der Waals surface area contributed by atoms with E-state index in [0.29, 0.717) is 5.69 Å². The lowest BCUT2D eigenvalue weighted by molar-refractivity contribution is -1.02. The van der Waals surface area contributed by atoms with Gasteiger partial charge in [0.25, 0.3) is 11.6 Å². The van der Waals surface area contributed by atoms with Gasteiger partial charge in [0.1, 0.15) is 26.2 Å². The summed E-state index contributed by atoms with van der Waals surface area (Å²) >= 11 is 0. The molecule has 152 valence electrons. The molecule has 7 nitrogen and oxygen atoms in total. The molecule has 1 fully saturated rings. The number of nitro groups is 1. The maximum absolute atomic E-state index is 12.6. The molecule has 1 heterocycles. The van der Waals surface area contributed by atoms with Gasteiger partial charge in [0.05, 0.1) is 11.5 Å². The third kappa shape index (κ3) is 5.97. The van der Waals surface area contributed by atoms with Crippen LogP contribution in [0.3, 0.4) is 0 Å². The van der Waals surface area contributed by atoms with Crippen LogP contribution in [0.25, 0.3) is 6.08 Å². The highest BCUT2D eigenvalue weighted by Gasteiger charge is 2.30. The molecule has 3 rings (SSSR count). The number of quaternary nitrogens is 2. The van der Waals surface area contributed by atoms with Gasteiger partial charge in [0.15, 0.2) is 6.04 Å². The number of nitrogens with one attached hydrogen (secondary N) is 3. The number of amides is 1. The third-order valence-corrected chi connectivity index (χ3v) is 5.45. The Morgan fingerprint density at radius 3 is 2.55 bits per heavy atom. The Labute approximate surface area is 170 Å². The number of nitrogens with zero attached hydrogens (tertiary/aromatic N) is 1. The normalized spacial score (nSPS) is 20.3. The summed E-state index contributed by atoms with van der Waals surface area (Å²) in [6.07, 6.45) is 4.37. The summed E-state index contributed by atoms with van der Waals surface area (Å²) in [6, 6.07) is 16.1. The van der Waals surface area contributed by atoms with Gasteiger partial charge in [-0.05, 0) is 24.6 Å². The number of benzene rings is 2. The van der Waals surface area contributed by atoms with Crippen molar-refractivity contribution in [3.05, 3.63) is 76.4 Å². The molecule has 0 unspecified atom stereocenters. The van der Waals surface area contributed by atoms with E-state index < -0.39 is 4.92 Å². The van der Waals surface area contributed by atoms with Gasteiger partial charge in [-0.1, -0.05) is 42.5 Å². The molecule has 3 N–H and O–H groups in total. The maximum atomic E-state index is 12.6. The second-order valence-electron chi connectivity index (χ2n) is 7.44. The molecule has 1 amide bonds. The van der Waals surface area contributed by atoms with E-state index >= 15 is 0 Å². The highest BCUT2D eigenvalue weighted by molar-refractivity contribution is 5.93. The smallest absolute Gasteiger partial charge is 0.282 e. The largest absolute Gasteiger partial charge is 0.322 e. The Bertz CT molecular complexity index is 861. The van der Waals surface area contributed by atoms with Crippen LogP contribution in [0.2, 0.25) is 0 Å². The monoisotopic (exact) mass is 396 g/mol. The van der Waals surface area contributed by atoms with Crippen LogP contribution in [0.4, 0.5) is 11.4 Å². The van der Waals surface area contributed by atoms with Crippen LogP contribution in [0.1, 0.15) is 12.5 Å². The molecule has 0 spiro atoms. The molecule has 0 aliphatic carbocycles. The molecule has 0 bridgehead atoms. The molecule has 0 radical (unpaired) electrons. The van der Waals surface area contributed by atoms with E-state index in [1.807, 2.05) is 25.1 Å². The van der Waals surface area contributed by atoms with Crippen LogP contribution in [0.5, 0.6) is 0 Å². The SMILES string of the molecule is C[C@H](C(=O)Nc1cccc([N+](=O)[O-])c1)[NH+]1CC[NH+](C/C=C/c2ccccc2)CC1. The number of hydrogen-bond acceptors (Lipinski definition) is 3. The van der Waals surface area contributed by atoms with E-state index in [9.17, 15) is 14.9 Å². The number of nitro benzene ring substituents is 1. The van der Waals surface area contributed by atoms with Crippen LogP contribution in [-0.4, -0.2) is 49.6 Å². The summed E-state index contributed by atoms with van der Waals surface area (Å²) in [6.45, 7) is 6.79. The number of carbonyl (C=O) groups excluding carboxylic acids is 1. The van der Waals surface area contributed by atoms with Crippen molar-refractivity contribution in [2.45, 2.75) is 13.0 Å². The summed E-state index contributed by atoms with van der Waals surface area (Å²) in [7, 11) is 0. The van der Waals surface area contributed by atoms with Gasteiger partial charge >= 0.3 is 0 Å². The number of carbonyl (C=O) groups is 1. The summed E-state index contributed by atoms with van der Waals surface area (Å²) < 4.78 is 0. The number of non-ortho nitro benzene ring substituents is 1. The lowest BCUT2D eigenvalue weighted by atomic mass is 10.2. The van der Waals surface area contributed by atoms with E-state index in [0.717, 1.165) is 32.7 Å².